The molecule has 4 aromatic rings. The van der Waals surface area contributed by atoms with Crippen LogP contribution in [0.1, 0.15) is 10.4 Å². The Balaban J connectivity index is 1.51. The van der Waals surface area contributed by atoms with E-state index in [0.29, 0.717) is 57.2 Å². The van der Waals surface area contributed by atoms with Crippen LogP contribution in [0.25, 0.3) is 22.8 Å². The van der Waals surface area contributed by atoms with Crippen LogP contribution in [0.15, 0.2) is 65.2 Å². The minimum Gasteiger partial charge on any atom is -0.497 e. The van der Waals surface area contributed by atoms with E-state index in [9.17, 15) is 4.79 Å². The van der Waals surface area contributed by atoms with Gasteiger partial charge in [-0.1, -0.05) is 5.16 Å². The molecule has 0 spiro atoms. The van der Waals surface area contributed by atoms with Crippen molar-refractivity contribution in [3.63, 3.8) is 0 Å². The molecule has 0 aliphatic heterocycles. The molecule has 0 bridgehead atoms. The Kier molecular flexibility index (Phi) is 7.15. The number of carbonyl (C=O) groups excluding carboxylic acids is 1. The summed E-state index contributed by atoms with van der Waals surface area (Å²) < 4.78 is 32.4. The van der Waals surface area contributed by atoms with E-state index in [4.69, 9.17) is 28.2 Å². The molecule has 0 radical (unpaired) electrons. The zero-order valence-electron chi connectivity index (χ0n) is 19.7. The highest BCUT2D eigenvalue weighted by Crippen LogP contribution is 2.35. The standard InChI is InChI=1S/C26H24N2O7/c1-30-18-8-5-16(6-9-18)21(29)15-34-22-12-7-17(13-24(22)33-4)25-27-26(35-28-25)20-11-10-19(31-2)14-23(20)32-3/h5-14H,15H2,1-4H3. The highest BCUT2D eigenvalue weighted by molar-refractivity contribution is 5.97. The highest BCUT2D eigenvalue weighted by atomic mass is 16.5. The lowest BCUT2D eigenvalue weighted by molar-refractivity contribution is 0.0919. The summed E-state index contributed by atoms with van der Waals surface area (Å²) in [6.45, 7) is -0.147. The van der Waals surface area contributed by atoms with Crippen molar-refractivity contribution in [2.24, 2.45) is 0 Å². The number of methoxy groups -OCH3 is 4. The molecular formula is C26H24N2O7. The van der Waals surface area contributed by atoms with E-state index >= 15 is 0 Å². The Morgan fingerprint density at radius 1 is 0.771 bits per heavy atom. The van der Waals surface area contributed by atoms with Gasteiger partial charge in [-0.3, -0.25) is 4.79 Å². The summed E-state index contributed by atoms with van der Waals surface area (Å²) in [6, 6.07) is 17.3. The number of ketones is 1. The molecule has 1 heterocycles. The first kappa shape index (κ1) is 23.6. The number of nitrogens with zero attached hydrogens (tertiary/aromatic N) is 2. The summed E-state index contributed by atoms with van der Waals surface area (Å²) in [6.07, 6.45) is 0. The molecule has 0 aliphatic carbocycles. The van der Waals surface area contributed by atoms with Gasteiger partial charge in [0, 0.05) is 17.2 Å². The van der Waals surface area contributed by atoms with E-state index in [-0.39, 0.29) is 12.4 Å². The molecule has 0 atom stereocenters. The van der Waals surface area contributed by atoms with Crippen molar-refractivity contribution >= 4 is 5.78 Å². The minimum atomic E-state index is -0.171. The van der Waals surface area contributed by atoms with Crippen LogP contribution in [0.4, 0.5) is 0 Å². The summed E-state index contributed by atoms with van der Waals surface area (Å²) >= 11 is 0. The molecule has 35 heavy (non-hydrogen) atoms. The molecule has 4 rings (SSSR count). The first-order chi connectivity index (χ1) is 17.1. The van der Waals surface area contributed by atoms with E-state index in [1.165, 1.54) is 7.11 Å². The number of ether oxygens (including phenoxy) is 5. The fourth-order valence-corrected chi connectivity index (χ4v) is 3.35. The fourth-order valence-electron chi connectivity index (χ4n) is 3.35. The van der Waals surface area contributed by atoms with Crippen LogP contribution in [-0.2, 0) is 0 Å². The molecule has 1 aromatic heterocycles. The van der Waals surface area contributed by atoms with Crippen LogP contribution in [0.2, 0.25) is 0 Å². The molecular weight excluding hydrogens is 452 g/mol. The molecule has 9 nitrogen and oxygen atoms in total. The molecule has 180 valence electrons. The second kappa shape index (κ2) is 10.6. The first-order valence-corrected chi connectivity index (χ1v) is 10.6. The van der Waals surface area contributed by atoms with Gasteiger partial charge < -0.3 is 28.2 Å². The van der Waals surface area contributed by atoms with Crippen LogP contribution in [-0.4, -0.2) is 51.0 Å². The Morgan fingerprint density at radius 3 is 2.17 bits per heavy atom. The van der Waals surface area contributed by atoms with Gasteiger partial charge in [0.2, 0.25) is 5.82 Å². The first-order valence-electron chi connectivity index (χ1n) is 10.6. The van der Waals surface area contributed by atoms with Crippen LogP contribution >= 0.6 is 0 Å². The number of Topliss-reactive ketones (excluding diaryl/α,β-unsaturated/α-hetero) is 1. The van der Waals surface area contributed by atoms with Gasteiger partial charge in [0.1, 0.15) is 17.2 Å². The molecule has 0 aliphatic rings. The number of benzene rings is 3. The summed E-state index contributed by atoms with van der Waals surface area (Å²) in [7, 11) is 6.22. The average Bonchev–Trinajstić information content (AvgIpc) is 3.41. The van der Waals surface area contributed by atoms with E-state index < -0.39 is 0 Å². The van der Waals surface area contributed by atoms with Crippen molar-refractivity contribution in [1.82, 2.24) is 10.1 Å². The normalized spacial score (nSPS) is 10.5. The van der Waals surface area contributed by atoms with Gasteiger partial charge in [0.15, 0.2) is 23.9 Å². The maximum absolute atomic E-state index is 12.5. The summed E-state index contributed by atoms with van der Waals surface area (Å²) in [5.74, 6) is 3.20. The zero-order chi connectivity index (χ0) is 24.8. The van der Waals surface area contributed by atoms with Gasteiger partial charge in [-0.25, -0.2) is 0 Å². The molecule has 0 unspecified atom stereocenters. The zero-order valence-corrected chi connectivity index (χ0v) is 19.7. The summed E-state index contributed by atoms with van der Waals surface area (Å²) in [5, 5.41) is 4.08. The second-order valence-corrected chi connectivity index (χ2v) is 7.30. The van der Waals surface area contributed by atoms with Crippen molar-refractivity contribution in [3.8, 4) is 51.6 Å². The molecule has 0 N–H and O–H groups in total. The van der Waals surface area contributed by atoms with Crippen LogP contribution in [0.5, 0.6) is 28.7 Å². The largest absolute Gasteiger partial charge is 0.497 e. The maximum Gasteiger partial charge on any atom is 0.262 e. The van der Waals surface area contributed by atoms with Gasteiger partial charge >= 0.3 is 0 Å². The lowest BCUT2D eigenvalue weighted by Crippen LogP contribution is -2.12. The predicted molar refractivity (Wildman–Crippen MR) is 128 cm³/mol. The van der Waals surface area contributed by atoms with Crippen molar-refractivity contribution in [3.05, 3.63) is 66.2 Å². The number of rotatable bonds is 10. The molecule has 9 heteroatoms. The van der Waals surface area contributed by atoms with Crippen LogP contribution in [0, 0.1) is 0 Å². The number of aromatic nitrogens is 2. The van der Waals surface area contributed by atoms with E-state index in [0.717, 1.165) is 0 Å². The second-order valence-electron chi connectivity index (χ2n) is 7.30. The molecule has 0 saturated carbocycles. The minimum absolute atomic E-state index is 0.147. The van der Waals surface area contributed by atoms with Crippen molar-refractivity contribution in [1.29, 1.82) is 0 Å². The third-order valence-electron chi connectivity index (χ3n) is 5.26. The summed E-state index contributed by atoms with van der Waals surface area (Å²) in [4.78, 5) is 17.0. The monoisotopic (exact) mass is 476 g/mol. The van der Waals surface area contributed by atoms with Crippen molar-refractivity contribution in [2.75, 3.05) is 35.0 Å². The molecule has 0 amide bonds. The van der Waals surface area contributed by atoms with E-state index in [2.05, 4.69) is 10.1 Å². The lowest BCUT2D eigenvalue weighted by Gasteiger charge is -2.11. The Bertz CT molecular complexity index is 1320. The van der Waals surface area contributed by atoms with Gasteiger partial charge in [-0.15, -0.1) is 0 Å². The number of hydrogen-bond acceptors (Lipinski definition) is 9. The molecule has 0 saturated heterocycles. The van der Waals surface area contributed by atoms with Gasteiger partial charge in [-0.2, -0.15) is 4.98 Å². The Hall–Kier alpha value is -4.53. The third-order valence-corrected chi connectivity index (χ3v) is 5.26. The topological polar surface area (TPSA) is 102 Å². The Morgan fingerprint density at radius 2 is 1.49 bits per heavy atom. The highest BCUT2D eigenvalue weighted by Gasteiger charge is 2.17. The smallest absolute Gasteiger partial charge is 0.262 e. The van der Waals surface area contributed by atoms with Gasteiger partial charge in [0.05, 0.1) is 34.0 Å². The van der Waals surface area contributed by atoms with Crippen molar-refractivity contribution in [2.45, 2.75) is 0 Å². The third kappa shape index (κ3) is 5.19. The fraction of sp³-hybridized carbons (Fsp3) is 0.192. The van der Waals surface area contributed by atoms with Gasteiger partial charge in [-0.05, 0) is 54.6 Å². The maximum atomic E-state index is 12.5. The number of carbonyl (C=O) groups is 1. The number of hydrogen-bond donors (Lipinski definition) is 0. The average molecular weight is 476 g/mol. The van der Waals surface area contributed by atoms with Crippen LogP contribution in [0.3, 0.4) is 0 Å². The lowest BCUT2D eigenvalue weighted by atomic mass is 10.1. The quantitative estimate of drug-likeness (QED) is 0.301. The summed E-state index contributed by atoms with van der Waals surface area (Å²) in [5.41, 5.74) is 1.81. The van der Waals surface area contributed by atoms with Crippen molar-refractivity contribution < 1.29 is 33.0 Å². The molecule has 3 aromatic carbocycles. The van der Waals surface area contributed by atoms with Gasteiger partial charge in [0.25, 0.3) is 5.89 Å². The van der Waals surface area contributed by atoms with E-state index in [1.807, 2.05) is 0 Å². The predicted octanol–water partition coefficient (Wildman–Crippen LogP) is 4.70. The SMILES string of the molecule is COc1ccc(C(=O)COc2ccc(-c3noc(-c4ccc(OC)cc4OC)n3)cc2OC)cc1. The molecule has 0 fully saturated rings. The van der Waals surface area contributed by atoms with E-state index in [1.54, 1.807) is 82.0 Å². The Labute approximate surface area is 202 Å². The van der Waals surface area contributed by atoms with Crippen LogP contribution < -0.4 is 23.7 Å².